The van der Waals surface area contributed by atoms with E-state index in [1.54, 1.807) is 0 Å². The summed E-state index contributed by atoms with van der Waals surface area (Å²) in [7, 11) is 0. The third-order valence-corrected chi connectivity index (χ3v) is 5.28. The fraction of sp³-hybridized carbons (Fsp3) is 1.00. The molecule has 1 N–H and O–H groups in total. The SMILES string of the molecule is CCCNC(C1CC(C)CC(C)C1)C(C)C1CC1. The molecular weight excluding hydrogens is 218 g/mol. The second kappa shape index (κ2) is 6.41. The van der Waals surface area contributed by atoms with Crippen LogP contribution < -0.4 is 5.32 Å². The molecule has 0 aliphatic heterocycles. The van der Waals surface area contributed by atoms with E-state index in [-0.39, 0.29) is 0 Å². The fourth-order valence-electron chi connectivity index (χ4n) is 4.31. The molecule has 0 amide bonds. The number of hydrogen-bond donors (Lipinski definition) is 1. The Labute approximate surface area is 114 Å². The van der Waals surface area contributed by atoms with Crippen molar-refractivity contribution in [3.63, 3.8) is 0 Å². The van der Waals surface area contributed by atoms with Crippen LogP contribution in [-0.2, 0) is 0 Å². The van der Waals surface area contributed by atoms with Crippen LogP contribution in [0.2, 0.25) is 0 Å². The Morgan fingerprint density at radius 1 is 1.00 bits per heavy atom. The molecule has 0 bridgehead atoms. The van der Waals surface area contributed by atoms with Crippen molar-refractivity contribution in [2.75, 3.05) is 6.54 Å². The van der Waals surface area contributed by atoms with E-state index in [0.29, 0.717) is 0 Å². The van der Waals surface area contributed by atoms with Crippen LogP contribution in [0, 0.1) is 29.6 Å². The van der Waals surface area contributed by atoms with Gasteiger partial charge in [0.05, 0.1) is 0 Å². The molecule has 2 aliphatic carbocycles. The second-order valence-electron chi connectivity index (χ2n) is 7.35. The number of rotatable bonds is 6. The largest absolute Gasteiger partial charge is 0.313 e. The van der Waals surface area contributed by atoms with E-state index in [0.717, 1.165) is 35.6 Å². The van der Waals surface area contributed by atoms with Gasteiger partial charge in [0.15, 0.2) is 0 Å². The molecule has 0 aromatic heterocycles. The molecular formula is C17H33N. The zero-order valence-corrected chi connectivity index (χ0v) is 12.9. The highest BCUT2D eigenvalue weighted by molar-refractivity contribution is 4.92. The predicted molar refractivity (Wildman–Crippen MR) is 79.6 cm³/mol. The quantitative estimate of drug-likeness (QED) is 0.734. The molecule has 2 fully saturated rings. The average Bonchev–Trinajstić information content (AvgIpc) is 3.11. The smallest absolute Gasteiger partial charge is 0.0124 e. The lowest BCUT2D eigenvalue weighted by Gasteiger charge is -2.40. The van der Waals surface area contributed by atoms with Crippen molar-refractivity contribution in [2.24, 2.45) is 29.6 Å². The van der Waals surface area contributed by atoms with Crippen LogP contribution >= 0.6 is 0 Å². The molecule has 0 spiro atoms. The van der Waals surface area contributed by atoms with E-state index in [9.17, 15) is 0 Å². The zero-order valence-electron chi connectivity index (χ0n) is 12.9. The van der Waals surface area contributed by atoms with Crippen LogP contribution in [-0.4, -0.2) is 12.6 Å². The number of nitrogens with one attached hydrogen (secondary N) is 1. The summed E-state index contributed by atoms with van der Waals surface area (Å²) in [5, 5.41) is 3.90. The van der Waals surface area contributed by atoms with Gasteiger partial charge in [0.1, 0.15) is 0 Å². The van der Waals surface area contributed by atoms with Crippen molar-refractivity contribution in [2.45, 2.75) is 72.3 Å². The standard InChI is InChI=1S/C17H33N/c1-5-8-18-17(14(4)15-6-7-15)16-10-12(2)9-13(3)11-16/h12-18H,5-11H2,1-4H3. The number of hydrogen-bond acceptors (Lipinski definition) is 1. The van der Waals surface area contributed by atoms with Crippen LogP contribution in [0.15, 0.2) is 0 Å². The second-order valence-corrected chi connectivity index (χ2v) is 7.35. The van der Waals surface area contributed by atoms with Gasteiger partial charge in [-0.05, 0) is 74.7 Å². The van der Waals surface area contributed by atoms with Crippen molar-refractivity contribution in [3.05, 3.63) is 0 Å². The molecule has 0 radical (unpaired) electrons. The highest BCUT2D eigenvalue weighted by Crippen LogP contribution is 2.43. The van der Waals surface area contributed by atoms with Gasteiger partial charge in [-0.15, -0.1) is 0 Å². The minimum atomic E-state index is 0.794. The molecule has 18 heavy (non-hydrogen) atoms. The molecule has 4 atom stereocenters. The molecule has 2 saturated carbocycles. The maximum absolute atomic E-state index is 3.90. The van der Waals surface area contributed by atoms with Crippen molar-refractivity contribution in [3.8, 4) is 0 Å². The third-order valence-electron chi connectivity index (χ3n) is 5.28. The maximum Gasteiger partial charge on any atom is 0.0124 e. The van der Waals surface area contributed by atoms with Crippen LogP contribution in [0.25, 0.3) is 0 Å². The molecule has 0 aromatic rings. The van der Waals surface area contributed by atoms with E-state index >= 15 is 0 Å². The Balaban J connectivity index is 1.97. The molecule has 1 nitrogen and oxygen atoms in total. The molecule has 2 rings (SSSR count). The summed E-state index contributed by atoms with van der Waals surface area (Å²) < 4.78 is 0. The van der Waals surface area contributed by atoms with Gasteiger partial charge in [-0.3, -0.25) is 0 Å². The monoisotopic (exact) mass is 251 g/mol. The Morgan fingerprint density at radius 2 is 1.61 bits per heavy atom. The first kappa shape index (κ1) is 14.4. The summed E-state index contributed by atoms with van der Waals surface area (Å²) in [5.41, 5.74) is 0. The van der Waals surface area contributed by atoms with E-state index in [2.05, 4.69) is 33.0 Å². The van der Waals surface area contributed by atoms with Crippen LogP contribution in [0.5, 0.6) is 0 Å². The van der Waals surface area contributed by atoms with Crippen molar-refractivity contribution < 1.29 is 0 Å². The van der Waals surface area contributed by atoms with Gasteiger partial charge in [-0.25, -0.2) is 0 Å². The molecule has 0 aromatic carbocycles. The third kappa shape index (κ3) is 3.73. The van der Waals surface area contributed by atoms with Gasteiger partial charge in [0.2, 0.25) is 0 Å². The topological polar surface area (TPSA) is 12.0 Å². The van der Waals surface area contributed by atoms with Gasteiger partial charge in [-0.2, -0.15) is 0 Å². The van der Waals surface area contributed by atoms with E-state index in [1.165, 1.54) is 45.1 Å². The molecule has 0 heterocycles. The van der Waals surface area contributed by atoms with Crippen LogP contribution in [0.4, 0.5) is 0 Å². The Kier molecular flexibility index (Phi) is 5.12. The Morgan fingerprint density at radius 3 is 2.11 bits per heavy atom. The summed E-state index contributed by atoms with van der Waals surface area (Å²) in [6, 6.07) is 0.794. The van der Waals surface area contributed by atoms with E-state index in [4.69, 9.17) is 0 Å². The normalized spacial score (nSPS) is 36.3. The fourth-order valence-corrected chi connectivity index (χ4v) is 4.31. The molecule has 1 heteroatoms. The average molecular weight is 251 g/mol. The summed E-state index contributed by atoms with van der Waals surface area (Å²) in [4.78, 5) is 0. The summed E-state index contributed by atoms with van der Waals surface area (Å²) in [6.07, 6.45) is 8.62. The first-order chi connectivity index (χ1) is 8.61. The molecule has 106 valence electrons. The lowest BCUT2D eigenvalue weighted by atomic mass is 9.70. The predicted octanol–water partition coefficient (Wildman–Crippen LogP) is 4.47. The highest BCUT2D eigenvalue weighted by atomic mass is 14.9. The van der Waals surface area contributed by atoms with Gasteiger partial charge in [0, 0.05) is 6.04 Å². The lowest BCUT2D eigenvalue weighted by molar-refractivity contribution is 0.140. The van der Waals surface area contributed by atoms with Crippen molar-refractivity contribution >= 4 is 0 Å². The van der Waals surface area contributed by atoms with Crippen molar-refractivity contribution in [1.29, 1.82) is 0 Å². The minimum absolute atomic E-state index is 0.794. The van der Waals surface area contributed by atoms with E-state index < -0.39 is 0 Å². The first-order valence-corrected chi connectivity index (χ1v) is 8.35. The molecule has 2 aliphatic rings. The van der Waals surface area contributed by atoms with Gasteiger partial charge in [0.25, 0.3) is 0 Å². The Hall–Kier alpha value is -0.0400. The first-order valence-electron chi connectivity index (χ1n) is 8.35. The molecule has 0 saturated heterocycles. The summed E-state index contributed by atoms with van der Waals surface area (Å²) in [6.45, 7) is 10.9. The maximum atomic E-state index is 3.90. The van der Waals surface area contributed by atoms with Crippen LogP contribution in [0.3, 0.4) is 0 Å². The minimum Gasteiger partial charge on any atom is -0.313 e. The molecule has 4 unspecified atom stereocenters. The van der Waals surface area contributed by atoms with Gasteiger partial charge >= 0.3 is 0 Å². The summed E-state index contributed by atoms with van der Waals surface area (Å²) in [5.74, 6) is 4.75. The Bertz CT molecular complexity index is 236. The van der Waals surface area contributed by atoms with Gasteiger partial charge < -0.3 is 5.32 Å². The van der Waals surface area contributed by atoms with Gasteiger partial charge in [-0.1, -0.05) is 27.7 Å². The van der Waals surface area contributed by atoms with Crippen molar-refractivity contribution in [1.82, 2.24) is 5.32 Å². The summed E-state index contributed by atoms with van der Waals surface area (Å²) >= 11 is 0. The van der Waals surface area contributed by atoms with Crippen LogP contribution in [0.1, 0.15) is 66.2 Å². The zero-order chi connectivity index (χ0) is 13.1. The lowest BCUT2D eigenvalue weighted by Crippen LogP contribution is -2.45. The highest BCUT2D eigenvalue weighted by Gasteiger charge is 2.38. The van der Waals surface area contributed by atoms with E-state index in [1.807, 2.05) is 0 Å².